The summed E-state index contributed by atoms with van der Waals surface area (Å²) in [5.41, 5.74) is -2.66. The first kappa shape index (κ1) is 18.6. The van der Waals surface area contributed by atoms with Gasteiger partial charge in [0.1, 0.15) is 0 Å². The molecule has 0 spiro atoms. The number of carboxylic acids is 1. The zero-order valence-electron chi connectivity index (χ0n) is 12.3. The Morgan fingerprint density at radius 1 is 0.880 bits per heavy atom. The van der Waals surface area contributed by atoms with E-state index in [1.165, 1.54) is 6.07 Å². The molecule has 2 aromatic rings. The second-order valence-corrected chi connectivity index (χ2v) is 5.08. The predicted octanol–water partition coefficient (Wildman–Crippen LogP) is 4.96. The molecule has 0 saturated carbocycles. The topological polar surface area (TPSA) is 49.3 Å². The van der Waals surface area contributed by atoms with Crippen molar-refractivity contribution in [1.29, 1.82) is 0 Å². The number of halogens is 6. The van der Waals surface area contributed by atoms with Crippen LogP contribution in [0.5, 0.6) is 0 Å². The first-order valence-electron chi connectivity index (χ1n) is 6.83. The van der Waals surface area contributed by atoms with E-state index in [1.54, 1.807) is 0 Å². The van der Waals surface area contributed by atoms with Crippen LogP contribution in [0.1, 0.15) is 22.7 Å². The molecule has 0 fully saturated rings. The molecule has 1 unspecified atom stereocenters. The molecule has 0 heterocycles. The van der Waals surface area contributed by atoms with Gasteiger partial charge in [0.15, 0.2) is 6.04 Å². The van der Waals surface area contributed by atoms with E-state index in [0.717, 1.165) is 30.3 Å². The van der Waals surface area contributed by atoms with Crippen LogP contribution in [0, 0.1) is 0 Å². The first-order chi connectivity index (χ1) is 11.5. The largest absolute Gasteiger partial charge is 0.479 e. The van der Waals surface area contributed by atoms with E-state index in [0.29, 0.717) is 12.1 Å². The van der Waals surface area contributed by atoms with Crippen molar-refractivity contribution in [1.82, 2.24) is 0 Å². The zero-order chi connectivity index (χ0) is 18.8. The fourth-order valence-corrected chi connectivity index (χ4v) is 2.16. The average molecular weight is 363 g/mol. The summed E-state index contributed by atoms with van der Waals surface area (Å²) in [6.07, 6.45) is -9.32. The van der Waals surface area contributed by atoms with Gasteiger partial charge in [-0.2, -0.15) is 26.3 Å². The highest BCUT2D eigenvalue weighted by atomic mass is 19.4. The number of nitrogens with one attached hydrogen (secondary N) is 1. The van der Waals surface area contributed by atoms with Crippen molar-refractivity contribution in [3.8, 4) is 0 Å². The molecule has 0 aromatic heterocycles. The van der Waals surface area contributed by atoms with E-state index < -0.39 is 41.2 Å². The molecule has 2 N–H and O–H groups in total. The number of para-hydroxylation sites is 1. The lowest BCUT2D eigenvalue weighted by Gasteiger charge is -2.20. The highest BCUT2D eigenvalue weighted by Crippen LogP contribution is 2.36. The molecule has 0 radical (unpaired) electrons. The van der Waals surface area contributed by atoms with Crippen molar-refractivity contribution in [3.05, 3.63) is 65.2 Å². The Labute approximate surface area is 137 Å². The summed E-state index contributed by atoms with van der Waals surface area (Å²) >= 11 is 0. The van der Waals surface area contributed by atoms with E-state index in [2.05, 4.69) is 5.32 Å². The molecule has 9 heteroatoms. The Hall–Kier alpha value is -2.71. The molecular formula is C16H11F6NO2. The van der Waals surface area contributed by atoms with E-state index in [1.807, 2.05) is 0 Å². The van der Waals surface area contributed by atoms with Gasteiger partial charge in [-0.25, -0.2) is 4.79 Å². The second-order valence-electron chi connectivity index (χ2n) is 5.08. The van der Waals surface area contributed by atoms with Gasteiger partial charge in [0.05, 0.1) is 11.1 Å². The molecule has 3 nitrogen and oxygen atoms in total. The van der Waals surface area contributed by atoms with Crippen LogP contribution in [0.3, 0.4) is 0 Å². The molecule has 0 amide bonds. The average Bonchev–Trinajstić information content (AvgIpc) is 2.51. The summed E-state index contributed by atoms with van der Waals surface area (Å²) < 4.78 is 76.6. The first-order valence-corrected chi connectivity index (χ1v) is 6.83. The van der Waals surface area contributed by atoms with Gasteiger partial charge in [-0.1, -0.05) is 24.3 Å². The van der Waals surface area contributed by atoms with Gasteiger partial charge in [0.2, 0.25) is 0 Å². The number of hydrogen-bond donors (Lipinski definition) is 2. The standard InChI is InChI=1S/C16H11F6NO2/c17-15(18,19)10-7-5-9(6-8-10)13(14(24)25)23-12-4-2-1-3-11(12)16(20,21)22/h1-8,13,23H,(H,24,25). The summed E-state index contributed by atoms with van der Waals surface area (Å²) in [6.45, 7) is 0. The van der Waals surface area contributed by atoms with Crippen LogP contribution in [0.25, 0.3) is 0 Å². The maximum atomic E-state index is 13.0. The van der Waals surface area contributed by atoms with Gasteiger partial charge in [0, 0.05) is 5.69 Å². The van der Waals surface area contributed by atoms with Crippen molar-refractivity contribution < 1.29 is 36.2 Å². The summed E-state index contributed by atoms with van der Waals surface area (Å²) in [6, 6.07) is 5.74. The van der Waals surface area contributed by atoms with E-state index in [4.69, 9.17) is 0 Å². The molecule has 0 aliphatic carbocycles. The summed E-state index contributed by atoms with van der Waals surface area (Å²) in [7, 11) is 0. The highest BCUT2D eigenvalue weighted by Gasteiger charge is 2.35. The molecule has 0 bridgehead atoms. The maximum Gasteiger partial charge on any atom is 0.418 e. The number of benzene rings is 2. The van der Waals surface area contributed by atoms with Gasteiger partial charge >= 0.3 is 18.3 Å². The van der Waals surface area contributed by atoms with Crippen molar-refractivity contribution in [3.63, 3.8) is 0 Å². The highest BCUT2D eigenvalue weighted by molar-refractivity contribution is 5.79. The van der Waals surface area contributed by atoms with Crippen molar-refractivity contribution >= 4 is 11.7 Å². The Bertz CT molecular complexity index is 752. The van der Waals surface area contributed by atoms with Crippen LogP contribution in [0.2, 0.25) is 0 Å². The summed E-state index contributed by atoms with van der Waals surface area (Å²) in [5.74, 6) is -1.53. The van der Waals surface area contributed by atoms with Gasteiger partial charge in [0.25, 0.3) is 0 Å². The number of carboxylic acid groups (broad SMARTS) is 1. The molecule has 2 rings (SSSR count). The van der Waals surface area contributed by atoms with Crippen LogP contribution < -0.4 is 5.32 Å². The maximum absolute atomic E-state index is 13.0. The normalized spacial score (nSPS) is 13.4. The number of carbonyl (C=O) groups is 1. The van der Waals surface area contributed by atoms with Crippen LogP contribution >= 0.6 is 0 Å². The lowest BCUT2D eigenvalue weighted by atomic mass is 10.0. The van der Waals surface area contributed by atoms with Crippen molar-refractivity contribution in [2.75, 3.05) is 5.32 Å². The molecular weight excluding hydrogens is 352 g/mol. The number of aliphatic carboxylic acids is 1. The molecule has 25 heavy (non-hydrogen) atoms. The smallest absolute Gasteiger partial charge is 0.418 e. The quantitative estimate of drug-likeness (QED) is 0.755. The predicted molar refractivity (Wildman–Crippen MR) is 76.9 cm³/mol. The molecule has 0 saturated heterocycles. The Morgan fingerprint density at radius 2 is 1.44 bits per heavy atom. The van der Waals surface area contributed by atoms with Gasteiger partial charge < -0.3 is 10.4 Å². The molecule has 2 aromatic carbocycles. The summed E-state index contributed by atoms with van der Waals surface area (Å²) in [5, 5.41) is 11.5. The van der Waals surface area contributed by atoms with Crippen molar-refractivity contribution in [2.45, 2.75) is 18.4 Å². The fourth-order valence-electron chi connectivity index (χ4n) is 2.16. The van der Waals surface area contributed by atoms with Crippen LogP contribution in [0.15, 0.2) is 48.5 Å². The van der Waals surface area contributed by atoms with Crippen LogP contribution in [-0.4, -0.2) is 11.1 Å². The summed E-state index contributed by atoms with van der Waals surface area (Å²) in [4.78, 5) is 11.4. The lowest BCUT2D eigenvalue weighted by Crippen LogP contribution is -2.22. The third-order valence-corrected chi connectivity index (χ3v) is 3.35. The lowest BCUT2D eigenvalue weighted by molar-refractivity contribution is -0.139. The minimum Gasteiger partial charge on any atom is -0.479 e. The molecule has 0 aliphatic rings. The number of alkyl halides is 6. The van der Waals surface area contributed by atoms with Gasteiger partial charge in [-0.15, -0.1) is 0 Å². The van der Waals surface area contributed by atoms with Crippen LogP contribution in [-0.2, 0) is 17.1 Å². The Kier molecular flexibility index (Phi) is 4.96. The third kappa shape index (κ3) is 4.43. The third-order valence-electron chi connectivity index (χ3n) is 3.35. The Morgan fingerprint density at radius 3 is 1.92 bits per heavy atom. The minimum absolute atomic E-state index is 0.113. The van der Waals surface area contributed by atoms with E-state index in [9.17, 15) is 36.2 Å². The fraction of sp³-hybridized carbons (Fsp3) is 0.188. The van der Waals surface area contributed by atoms with E-state index in [-0.39, 0.29) is 5.56 Å². The molecule has 134 valence electrons. The second kappa shape index (κ2) is 6.66. The monoisotopic (exact) mass is 363 g/mol. The van der Waals surface area contributed by atoms with E-state index >= 15 is 0 Å². The Balaban J connectivity index is 2.37. The number of rotatable bonds is 4. The number of anilines is 1. The van der Waals surface area contributed by atoms with Crippen molar-refractivity contribution in [2.24, 2.45) is 0 Å². The van der Waals surface area contributed by atoms with Gasteiger partial charge in [-0.05, 0) is 29.8 Å². The van der Waals surface area contributed by atoms with Crippen LogP contribution in [0.4, 0.5) is 32.0 Å². The minimum atomic E-state index is -4.72. The molecule has 0 aliphatic heterocycles. The van der Waals surface area contributed by atoms with Gasteiger partial charge in [-0.3, -0.25) is 0 Å². The molecule has 1 atom stereocenters. The number of hydrogen-bond acceptors (Lipinski definition) is 2. The SMILES string of the molecule is O=C(O)C(Nc1ccccc1C(F)(F)F)c1ccc(C(F)(F)F)cc1. The zero-order valence-corrected chi connectivity index (χ0v) is 12.3.